The summed E-state index contributed by atoms with van der Waals surface area (Å²) in [6.07, 6.45) is 3.53. The van der Waals surface area contributed by atoms with Gasteiger partial charge in [-0.3, -0.25) is 9.59 Å². The van der Waals surface area contributed by atoms with E-state index in [1.165, 1.54) is 4.68 Å². The van der Waals surface area contributed by atoms with Crippen LogP contribution in [0, 0.1) is 5.92 Å². The van der Waals surface area contributed by atoms with Gasteiger partial charge in [-0.2, -0.15) is 5.10 Å². The fourth-order valence-electron chi connectivity index (χ4n) is 1.95. The molecule has 0 saturated heterocycles. The number of para-hydroxylation sites is 2. The average molecular weight is 270 g/mol. The molecule has 1 aliphatic rings. The van der Waals surface area contributed by atoms with Gasteiger partial charge in [-0.05, 0) is 31.0 Å². The van der Waals surface area contributed by atoms with Gasteiger partial charge in [0.25, 0.3) is 5.91 Å². The van der Waals surface area contributed by atoms with E-state index in [2.05, 4.69) is 10.4 Å². The van der Waals surface area contributed by atoms with Crippen molar-refractivity contribution in [2.45, 2.75) is 12.8 Å². The van der Waals surface area contributed by atoms with Crippen LogP contribution in [0.5, 0.6) is 0 Å². The lowest BCUT2D eigenvalue weighted by molar-refractivity contribution is -0.117. The van der Waals surface area contributed by atoms with E-state index in [0.717, 1.165) is 12.8 Å². The molecule has 6 heteroatoms. The van der Waals surface area contributed by atoms with Gasteiger partial charge in [0.1, 0.15) is 5.69 Å². The molecular formula is C14H14N4O2. The summed E-state index contributed by atoms with van der Waals surface area (Å²) in [5.41, 5.74) is 6.75. The Morgan fingerprint density at radius 2 is 2.00 bits per heavy atom. The molecule has 3 rings (SSSR count). The van der Waals surface area contributed by atoms with Crippen molar-refractivity contribution in [3.63, 3.8) is 0 Å². The van der Waals surface area contributed by atoms with Crippen LogP contribution in [0.15, 0.2) is 36.5 Å². The Balaban J connectivity index is 1.91. The van der Waals surface area contributed by atoms with E-state index in [-0.39, 0.29) is 17.5 Å². The van der Waals surface area contributed by atoms with Crippen molar-refractivity contribution in [2.24, 2.45) is 11.7 Å². The van der Waals surface area contributed by atoms with E-state index < -0.39 is 5.91 Å². The molecule has 0 bridgehead atoms. The SMILES string of the molecule is NC(=O)c1ccn(-c2ccccc2NC(=O)C2CC2)n1. The standard InChI is InChI=1S/C14H14N4O2/c15-13(19)11-7-8-18(17-11)12-4-2-1-3-10(12)16-14(20)9-5-6-9/h1-4,7-9H,5-6H2,(H2,15,19)(H,16,20). The Labute approximate surface area is 115 Å². The largest absolute Gasteiger partial charge is 0.364 e. The molecule has 20 heavy (non-hydrogen) atoms. The highest BCUT2D eigenvalue weighted by Crippen LogP contribution is 2.31. The molecule has 1 fully saturated rings. The first-order chi connectivity index (χ1) is 9.65. The molecule has 1 aromatic heterocycles. The zero-order chi connectivity index (χ0) is 14.1. The summed E-state index contributed by atoms with van der Waals surface area (Å²) in [6, 6.07) is 8.85. The number of nitrogens with zero attached hydrogens (tertiary/aromatic N) is 2. The number of carbonyl (C=O) groups excluding carboxylic acids is 2. The van der Waals surface area contributed by atoms with E-state index in [1.54, 1.807) is 18.3 Å². The molecule has 2 amide bonds. The number of hydrogen-bond acceptors (Lipinski definition) is 3. The molecule has 0 radical (unpaired) electrons. The smallest absolute Gasteiger partial charge is 0.269 e. The zero-order valence-corrected chi connectivity index (χ0v) is 10.7. The maximum absolute atomic E-state index is 11.9. The van der Waals surface area contributed by atoms with Crippen LogP contribution in [0.3, 0.4) is 0 Å². The Kier molecular flexibility index (Phi) is 2.98. The Hall–Kier alpha value is -2.63. The molecule has 0 spiro atoms. The molecule has 1 heterocycles. The number of carbonyl (C=O) groups is 2. The third-order valence-electron chi connectivity index (χ3n) is 3.20. The first kappa shape index (κ1) is 12.4. The van der Waals surface area contributed by atoms with Crippen LogP contribution in [0.4, 0.5) is 5.69 Å². The highest BCUT2D eigenvalue weighted by atomic mass is 16.2. The fourth-order valence-corrected chi connectivity index (χ4v) is 1.95. The minimum absolute atomic E-state index is 0.0275. The van der Waals surface area contributed by atoms with Gasteiger partial charge in [0, 0.05) is 12.1 Å². The minimum atomic E-state index is -0.580. The molecule has 1 aliphatic carbocycles. The van der Waals surface area contributed by atoms with Gasteiger partial charge < -0.3 is 11.1 Å². The van der Waals surface area contributed by atoms with E-state index >= 15 is 0 Å². The second-order valence-corrected chi connectivity index (χ2v) is 4.79. The minimum Gasteiger partial charge on any atom is -0.364 e. The van der Waals surface area contributed by atoms with Crippen molar-refractivity contribution in [2.75, 3.05) is 5.32 Å². The highest BCUT2D eigenvalue weighted by Gasteiger charge is 2.30. The predicted molar refractivity (Wildman–Crippen MR) is 73.4 cm³/mol. The summed E-state index contributed by atoms with van der Waals surface area (Å²) in [5.74, 6) is -0.426. The topological polar surface area (TPSA) is 90.0 Å². The maximum Gasteiger partial charge on any atom is 0.269 e. The van der Waals surface area contributed by atoms with E-state index in [1.807, 2.05) is 18.2 Å². The Bertz CT molecular complexity index is 673. The van der Waals surface area contributed by atoms with Crippen molar-refractivity contribution in [1.29, 1.82) is 0 Å². The van der Waals surface area contributed by atoms with Gasteiger partial charge in [0.05, 0.1) is 11.4 Å². The molecule has 1 saturated carbocycles. The monoisotopic (exact) mass is 270 g/mol. The number of aromatic nitrogens is 2. The van der Waals surface area contributed by atoms with Crippen molar-refractivity contribution >= 4 is 17.5 Å². The van der Waals surface area contributed by atoms with E-state index in [9.17, 15) is 9.59 Å². The van der Waals surface area contributed by atoms with Gasteiger partial charge in [0.2, 0.25) is 5.91 Å². The van der Waals surface area contributed by atoms with Crippen LogP contribution in [-0.4, -0.2) is 21.6 Å². The van der Waals surface area contributed by atoms with Crippen LogP contribution >= 0.6 is 0 Å². The van der Waals surface area contributed by atoms with Gasteiger partial charge in [-0.25, -0.2) is 4.68 Å². The number of rotatable bonds is 4. The number of hydrogen-bond donors (Lipinski definition) is 2. The van der Waals surface area contributed by atoms with Gasteiger partial charge in [-0.1, -0.05) is 12.1 Å². The van der Waals surface area contributed by atoms with Crippen LogP contribution in [0.25, 0.3) is 5.69 Å². The summed E-state index contributed by atoms with van der Waals surface area (Å²) in [5, 5.41) is 6.99. The molecule has 0 unspecified atom stereocenters. The number of nitrogens with one attached hydrogen (secondary N) is 1. The van der Waals surface area contributed by atoms with E-state index in [0.29, 0.717) is 11.4 Å². The number of nitrogens with two attached hydrogens (primary N) is 1. The quantitative estimate of drug-likeness (QED) is 0.877. The van der Waals surface area contributed by atoms with Crippen LogP contribution in [0.1, 0.15) is 23.3 Å². The molecule has 1 aromatic carbocycles. The molecule has 3 N–H and O–H groups in total. The summed E-state index contributed by atoms with van der Waals surface area (Å²) in [7, 11) is 0. The molecule has 0 atom stereocenters. The van der Waals surface area contributed by atoms with Crippen molar-refractivity contribution < 1.29 is 9.59 Å². The lowest BCUT2D eigenvalue weighted by Crippen LogP contribution is -2.16. The molecule has 2 aromatic rings. The Morgan fingerprint density at radius 1 is 1.25 bits per heavy atom. The molecule has 102 valence electrons. The number of amides is 2. The average Bonchev–Trinajstić information content (AvgIpc) is 3.17. The second kappa shape index (κ2) is 4.80. The molecular weight excluding hydrogens is 256 g/mol. The lowest BCUT2D eigenvalue weighted by atomic mass is 10.2. The summed E-state index contributed by atoms with van der Waals surface area (Å²) in [6.45, 7) is 0. The van der Waals surface area contributed by atoms with Crippen LogP contribution in [0.2, 0.25) is 0 Å². The number of benzene rings is 1. The summed E-state index contributed by atoms with van der Waals surface area (Å²) < 4.78 is 1.53. The van der Waals surface area contributed by atoms with Crippen molar-refractivity contribution in [3.8, 4) is 5.69 Å². The molecule has 0 aliphatic heterocycles. The normalized spacial score (nSPS) is 14.0. The van der Waals surface area contributed by atoms with Crippen LogP contribution < -0.4 is 11.1 Å². The summed E-state index contributed by atoms with van der Waals surface area (Å²) in [4.78, 5) is 22.9. The lowest BCUT2D eigenvalue weighted by Gasteiger charge is -2.10. The van der Waals surface area contributed by atoms with Crippen molar-refractivity contribution in [1.82, 2.24) is 9.78 Å². The second-order valence-electron chi connectivity index (χ2n) is 4.79. The van der Waals surface area contributed by atoms with Gasteiger partial charge in [0.15, 0.2) is 0 Å². The Morgan fingerprint density at radius 3 is 2.65 bits per heavy atom. The first-order valence-electron chi connectivity index (χ1n) is 6.41. The number of anilines is 1. The summed E-state index contributed by atoms with van der Waals surface area (Å²) >= 11 is 0. The predicted octanol–water partition coefficient (Wildman–Crippen LogP) is 1.32. The number of primary amides is 1. The fraction of sp³-hybridized carbons (Fsp3) is 0.214. The van der Waals surface area contributed by atoms with Gasteiger partial charge in [-0.15, -0.1) is 0 Å². The molecule has 6 nitrogen and oxygen atoms in total. The van der Waals surface area contributed by atoms with Crippen molar-refractivity contribution in [3.05, 3.63) is 42.2 Å². The third kappa shape index (κ3) is 2.40. The third-order valence-corrected chi connectivity index (χ3v) is 3.20. The zero-order valence-electron chi connectivity index (χ0n) is 10.7. The van der Waals surface area contributed by atoms with E-state index in [4.69, 9.17) is 5.73 Å². The maximum atomic E-state index is 11.9. The highest BCUT2D eigenvalue weighted by molar-refractivity contribution is 5.96. The van der Waals surface area contributed by atoms with Crippen LogP contribution in [-0.2, 0) is 4.79 Å². The van der Waals surface area contributed by atoms with Gasteiger partial charge >= 0.3 is 0 Å². The first-order valence-corrected chi connectivity index (χ1v) is 6.41.